The zero-order chi connectivity index (χ0) is 17.4. The molecule has 0 aromatic heterocycles. The van der Waals surface area contributed by atoms with Crippen LogP contribution in [0.1, 0.15) is 44.1 Å². The van der Waals surface area contributed by atoms with Crippen LogP contribution in [-0.4, -0.2) is 18.5 Å². The van der Waals surface area contributed by atoms with Crippen molar-refractivity contribution in [1.29, 1.82) is 0 Å². The Morgan fingerprint density at radius 3 is 2.36 bits per heavy atom. The summed E-state index contributed by atoms with van der Waals surface area (Å²) in [6, 6.07) is 7.34. The molecule has 4 bridgehead atoms. The van der Waals surface area contributed by atoms with Gasteiger partial charge in [-0.05, 0) is 74.0 Å². The van der Waals surface area contributed by atoms with Crippen LogP contribution in [0.4, 0.5) is 0 Å². The summed E-state index contributed by atoms with van der Waals surface area (Å²) in [5, 5.41) is 3.42. The smallest absolute Gasteiger partial charge is 0.312 e. The van der Waals surface area contributed by atoms with Crippen molar-refractivity contribution in [1.82, 2.24) is 5.32 Å². The topological polar surface area (TPSA) is 55.4 Å². The van der Waals surface area contributed by atoms with Crippen molar-refractivity contribution in [3.8, 4) is 0 Å². The fourth-order valence-electron chi connectivity index (χ4n) is 5.54. The number of carbonyl (C=O) groups excluding carboxylic acids is 2. The highest BCUT2D eigenvalue weighted by Crippen LogP contribution is 2.60. The van der Waals surface area contributed by atoms with Gasteiger partial charge in [-0.25, -0.2) is 0 Å². The summed E-state index contributed by atoms with van der Waals surface area (Å²) in [6.07, 6.45) is 6.73. The van der Waals surface area contributed by atoms with Crippen LogP contribution in [0.5, 0.6) is 0 Å². The highest BCUT2D eigenvalue weighted by molar-refractivity contribution is 6.30. The van der Waals surface area contributed by atoms with E-state index in [2.05, 4.69) is 5.32 Å². The fraction of sp³-hybridized carbons (Fsp3) is 0.600. The maximum atomic E-state index is 12.7. The Morgan fingerprint density at radius 2 is 1.76 bits per heavy atom. The second kappa shape index (κ2) is 6.64. The van der Waals surface area contributed by atoms with Gasteiger partial charge in [0, 0.05) is 11.6 Å². The van der Waals surface area contributed by atoms with Gasteiger partial charge in [-0.1, -0.05) is 23.7 Å². The van der Waals surface area contributed by atoms with E-state index in [-0.39, 0.29) is 23.9 Å². The Bertz CT molecular complexity index is 652. The van der Waals surface area contributed by atoms with Crippen LogP contribution in [-0.2, 0) is 20.9 Å². The maximum absolute atomic E-state index is 12.7. The summed E-state index contributed by atoms with van der Waals surface area (Å²) in [6.45, 7) is 0.190. The van der Waals surface area contributed by atoms with E-state index < -0.39 is 0 Å². The third kappa shape index (κ3) is 3.55. The number of hydrogen-bond donors (Lipinski definition) is 1. The summed E-state index contributed by atoms with van der Waals surface area (Å²) < 4.78 is 5.42. The highest BCUT2D eigenvalue weighted by Gasteiger charge is 2.55. The zero-order valence-electron chi connectivity index (χ0n) is 14.3. The molecule has 0 aliphatic heterocycles. The predicted octanol–water partition coefficient (Wildman–Crippen LogP) is 3.72. The minimum atomic E-state index is -0.304. The first-order valence-electron chi connectivity index (χ1n) is 9.21. The SMILES string of the molecule is O=C(COC(=O)C12CC3CC(CC(C3)C1)C2)NCc1cccc(Cl)c1. The fourth-order valence-corrected chi connectivity index (χ4v) is 5.76. The lowest BCUT2D eigenvalue weighted by Gasteiger charge is -2.55. The standard InChI is InChI=1S/C20H24ClNO3/c21-17-3-1-2-13(7-17)11-22-18(23)12-25-19(24)20-8-14-4-15(9-20)6-16(5-14)10-20/h1-3,7,14-16H,4-6,8-12H2,(H,22,23). The summed E-state index contributed by atoms with van der Waals surface area (Å²) in [5.41, 5.74) is 0.621. The molecule has 0 heterocycles. The van der Waals surface area contributed by atoms with Crippen LogP contribution >= 0.6 is 11.6 Å². The number of amides is 1. The van der Waals surface area contributed by atoms with Crippen LogP contribution in [0, 0.1) is 23.2 Å². The van der Waals surface area contributed by atoms with E-state index >= 15 is 0 Å². The van der Waals surface area contributed by atoms with E-state index in [4.69, 9.17) is 16.3 Å². The lowest BCUT2D eigenvalue weighted by molar-refractivity contribution is -0.173. The van der Waals surface area contributed by atoms with Crippen LogP contribution in [0.25, 0.3) is 0 Å². The second-order valence-electron chi connectivity index (χ2n) is 8.18. The van der Waals surface area contributed by atoms with Crippen LogP contribution < -0.4 is 5.32 Å². The first kappa shape index (κ1) is 16.9. The number of ether oxygens (including phenoxy) is 1. The molecule has 5 heteroatoms. The Kier molecular flexibility index (Phi) is 4.48. The second-order valence-corrected chi connectivity index (χ2v) is 8.62. The minimum Gasteiger partial charge on any atom is -0.455 e. The molecule has 4 saturated carbocycles. The van der Waals surface area contributed by atoms with Crippen molar-refractivity contribution in [2.75, 3.05) is 6.61 Å². The molecule has 1 aromatic carbocycles. The molecule has 5 rings (SSSR count). The van der Waals surface area contributed by atoms with Crippen molar-refractivity contribution in [2.24, 2.45) is 23.2 Å². The average molecular weight is 362 g/mol. The molecule has 0 spiro atoms. The summed E-state index contributed by atoms with van der Waals surface area (Å²) in [4.78, 5) is 24.7. The lowest BCUT2D eigenvalue weighted by atomic mass is 9.49. The number of rotatable bonds is 5. The molecule has 0 saturated heterocycles. The van der Waals surface area contributed by atoms with Crippen LogP contribution in [0.2, 0.25) is 5.02 Å². The van der Waals surface area contributed by atoms with Gasteiger partial charge in [-0.2, -0.15) is 0 Å². The number of benzene rings is 1. The van der Waals surface area contributed by atoms with E-state index in [1.54, 1.807) is 6.07 Å². The number of esters is 1. The quantitative estimate of drug-likeness (QED) is 0.813. The van der Waals surface area contributed by atoms with Crippen molar-refractivity contribution < 1.29 is 14.3 Å². The van der Waals surface area contributed by atoms with E-state index in [1.807, 2.05) is 18.2 Å². The highest BCUT2D eigenvalue weighted by atomic mass is 35.5. The molecule has 1 aromatic rings. The van der Waals surface area contributed by atoms with Gasteiger partial charge in [0.25, 0.3) is 5.91 Å². The Balaban J connectivity index is 1.28. The maximum Gasteiger partial charge on any atom is 0.312 e. The number of nitrogens with one attached hydrogen (secondary N) is 1. The van der Waals surface area contributed by atoms with E-state index in [1.165, 1.54) is 19.3 Å². The molecule has 25 heavy (non-hydrogen) atoms. The third-order valence-corrected chi connectivity index (χ3v) is 6.42. The van der Waals surface area contributed by atoms with Crippen molar-refractivity contribution in [3.05, 3.63) is 34.9 Å². The first-order chi connectivity index (χ1) is 12.0. The van der Waals surface area contributed by atoms with Crippen molar-refractivity contribution >= 4 is 23.5 Å². The Hall–Kier alpha value is -1.55. The van der Waals surface area contributed by atoms with Gasteiger partial charge < -0.3 is 10.1 Å². The molecule has 0 atom stereocenters. The molecule has 4 aliphatic rings. The van der Waals surface area contributed by atoms with E-state index in [0.29, 0.717) is 29.3 Å². The van der Waals surface area contributed by atoms with Crippen molar-refractivity contribution in [3.63, 3.8) is 0 Å². The number of halogens is 1. The molecule has 4 aliphatic carbocycles. The summed E-state index contributed by atoms with van der Waals surface area (Å²) in [7, 11) is 0. The molecule has 1 amide bonds. The molecule has 4 fully saturated rings. The Morgan fingerprint density at radius 1 is 1.12 bits per heavy atom. The molecule has 0 radical (unpaired) electrons. The lowest BCUT2D eigenvalue weighted by Crippen LogP contribution is -2.51. The molecule has 1 N–H and O–H groups in total. The van der Waals surface area contributed by atoms with Gasteiger partial charge in [-0.3, -0.25) is 9.59 Å². The van der Waals surface area contributed by atoms with E-state index in [9.17, 15) is 9.59 Å². The zero-order valence-corrected chi connectivity index (χ0v) is 15.1. The van der Waals surface area contributed by atoms with Crippen molar-refractivity contribution in [2.45, 2.75) is 45.1 Å². The van der Waals surface area contributed by atoms with Gasteiger partial charge in [0.1, 0.15) is 0 Å². The molecular weight excluding hydrogens is 338 g/mol. The number of hydrogen-bond acceptors (Lipinski definition) is 3. The summed E-state index contributed by atoms with van der Waals surface area (Å²) >= 11 is 5.93. The van der Waals surface area contributed by atoms with Gasteiger partial charge >= 0.3 is 5.97 Å². The minimum absolute atomic E-state index is 0.149. The molecular formula is C20H24ClNO3. The van der Waals surface area contributed by atoms with Gasteiger partial charge in [0.2, 0.25) is 0 Å². The van der Waals surface area contributed by atoms with Crippen LogP contribution in [0.15, 0.2) is 24.3 Å². The molecule has 4 nitrogen and oxygen atoms in total. The molecule has 134 valence electrons. The predicted molar refractivity (Wildman–Crippen MR) is 94.9 cm³/mol. The van der Waals surface area contributed by atoms with Gasteiger partial charge in [0.15, 0.2) is 6.61 Å². The largest absolute Gasteiger partial charge is 0.455 e. The average Bonchev–Trinajstić information content (AvgIpc) is 2.56. The third-order valence-electron chi connectivity index (χ3n) is 6.18. The van der Waals surface area contributed by atoms with Crippen LogP contribution in [0.3, 0.4) is 0 Å². The molecule has 0 unspecified atom stereocenters. The van der Waals surface area contributed by atoms with Gasteiger partial charge in [0.05, 0.1) is 5.41 Å². The normalized spacial score (nSPS) is 32.4. The summed E-state index contributed by atoms with van der Waals surface area (Å²) in [5.74, 6) is 1.66. The van der Waals surface area contributed by atoms with Gasteiger partial charge in [-0.15, -0.1) is 0 Å². The van der Waals surface area contributed by atoms with E-state index in [0.717, 1.165) is 24.8 Å². The Labute approximate surface area is 153 Å². The first-order valence-corrected chi connectivity index (χ1v) is 9.58. The monoisotopic (exact) mass is 361 g/mol. The number of carbonyl (C=O) groups is 2.